The highest BCUT2D eigenvalue weighted by molar-refractivity contribution is 7.84. The van der Waals surface area contributed by atoms with E-state index in [1.54, 1.807) is 6.26 Å². The number of halogens is 24. The molecule has 0 bridgehead atoms. The topological polar surface area (TPSA) is 20.9 Å². The molecule has 7 rings (SSSR count). The lowest BCUT2D eigenvalue weighted by Crippen LogP contribution is -2.75. The number of hydrogen-bond donors (Lipinski definition) is 0. The average molecular weight is 1150 g/mol. The van der Waals surface area contributed by atoms with Gasteiger partial charge in [0.1, 0.15) is 6.15 Å². The molecule has 0 saturated carbocycles. The number of aromatic nitrogens is 1. The summed E-state index contributed by atoms with van der Waals surface area (Å²) >= 11 is 0. The summed E-state index contributed by atoms with van der Waals surface area (Å²) in [6.07, 6.45) is -51.0. The second kappa shape index (κ2) is 20.6. The van der Waals surface area contributed by atoms with Crippen molar-refractivity contribution in [3.63, 3.8) is 0 Å². The summed E-state index contributed by atoms with van der Waals surface area (Å²) in [4.78, 5) is 0.872. The zero-order valence-corrected chi connectivity index (χ0v) is 38.7. The number of alkyl halides is 24. The van der Waals surface area contributed by atoms with Crippen LogP contribution in [0.4, 0.5) is 105 Å². The van der Waals surface area contributed by atoms with Crippen LogP contribution in [0.2, 0.25) is 0 Å². The van der Waals surface area contributed by atoms with Gasteiger partial charge in [-0.05, 0) is 48.5 Å². The largest absolute Gasteiger partial charge is 0.416 e. The van der Waals surface area contributed by atoms with Crippen LogP contribution >= 0.6 is 0 Å². The Morgan fingerprint density at radius 2 is 0.623 bits per heavy atom. The number of nitrogens with zero attached hydrogens (tertiary/aromatic N) is 1. The summed E-state index contributed by atoms with van der Waals surface area (Å²) in [5.41, 5.74) is -27.8. The quantitative estimate of drug-likeness (QED) is 0.0885. The Kier molecular flexibility index (Phi) is 15.9. The van der Waals surface area contributed by atoms with Crippen molar-refractivity contribution >= 4 is 49.7 Å². The molecule has 1 heterocycles. The highest BCUT2D eigenvalue weighted by atomic mass is 32.2. The molecule has 1 unspecified atom stereocenters. The summed E-state index contributed by atoms with van der Waals surface area (Å²) < 4.78 is 354. The first kappa shape index (κ1) is 59.5. The summed E-state index contributed by atoms with van der Waals surface area (Å²) in [5, 5.41) is 1.24. The van der Waals surface area contributed by atoms with Crippen molar-refractivity contribution in [2.45, 2.75) is 60.9 Å². The van der Waals surface area contributed by atoms with Crippen LogP contribution in [0.3, 0.4) is 0 Å². The van der Waals surface area contributed by atoms with Crippen LogP contribution in [0, 0.1) is 0 Å². The van der Waals surface area contributed by atoms with Crippen molar-refractivity contribution in [3.05, 3.63) is 190 Å². The van der Waals surface area contributed by atoms with Gasteiger partial charge in [-0.3, -0.25) is 4.21 Å². The molecule has 0 saturated heterocycles. The number of para-hydroxylation sites is 1. The van der Waals surface area contributed by atoms with E-state index in [1.807, 2.05) is 24.3 Å². The number of hydrogen-bond acceptors (Lipinski definition) is 1. The minimum absolute atomic E-state index is 0.691. The second-order valence-corrected chi connectivity index (χ2v) is 18.4. The van der Waals surface area contributed by atoms with Gasteiger partial charge in [-0.25, -0.2) is 0 Å². The monoisotopic (exact) mass is 1150 g/mol. The molecule has 1 aromatic heterocycles. The molecule has 0 spiro atoms. The summed E-state index contributed by atoms with van der Waals surface area (Å²) in [6, 6.07) is 11.7. The third kappa shape index (κ3) is 13.5. The van der Waals surface area contributed by atoms with Crippen LogP contribution in [0.1, 0.15) is 50.1 Å². The Morgan fingerprint density at radius 1 is 0.364 bits per heavy atom. The molecule has 7 aromatic rings. The SMILES string of the molecule is CS(=O)c1ccc(C[n+]2cccc3ccccc32)cc1.FC(F)(F)c1cc([B-](c2cc(C(F)(F)F)cc(C(F)(F)F)c2)(c2cc(C(F)(F)F)cc(C(F)(F)F)c2)c2cc(C(F)(F)F)cc(C(F)(F)F)c2)cc(C(F)(F)F)c1. The zero-order chi connectivity index (χ0) is 57.9. The van der Waals surface area contributed by atoms with Gasteiger partial charge in [-0.15, -0.1) is 0 Å². The van der Waals surface area contributed by atoms with Crippen molar-refractivity contribution in [1.82, 2.24) is 0 Å². The fraction of sp³-hybridized carbons (Fsp3) is 0.204. The van der Waals surface area contributed by atoms with Crippen LogP contribution in [-0.2, 0) is 66.8 Å². The van der Waals surface area contributed by atoms with Gasteiger partial charge in [0.15, 0.2) is 12.7 Å². The molecule has 0 radical (unpaired) electrons. The smallest absolute Gasteiger partial charge is 0.255 e. The van der Waals surface area contributed by atoms with Gasteiger partial charge in [0.25, 0.3) is 0 Å². The maximum absolute atomic E-state index is 14.2. The fourth-order valence-corrected chi connectivity index (χ4v) is 8.93. The minimum Gasteiger partial charge on any atom is -0.255 e. The van der Waals surface area contributed by atoms with E-state index < -0.39 is 206 Å². The highest BCUT2D eigenvalue weighted by Gasteiger charge is 2.47. The molecule has 77 heavy (non-hydrogen) atoms. The van der Waals surface area contributed by atoms with E-state index in [0.29, 0.717) is 0 Å². The third-order valence-electron chi connectivity index (χ3n) is 11.8. The lowest BCUT2D eigenvalue weighted by Gasteiger charge is -2.46. The van der Waals surface area contributed by atoms with Crippen LogP contribution in [-0.4, -0.2) is 16.6 Å². The molecular weight excluding hydrogens is 1120 g/mol. The number of fused-ring (bicyclic) bond motifs is 1. The Labute approximate surface area is 419 Å². The van der Waals surface area contributed by atoms with Crippen LogP contribution < -0.4 is 26.4 Å². The normalized spacial score (nSPS) is 13.8. The second-order valence-electron chi connectivity index (χ2n) is 17.0. The molecule has 2 nitrogen and oxygen atoms in total. The Hall–Kier alpha value is -6.74. The van der Waals surface area contributed by atoms with E-state index in [9.17, 15) is 110 Å². The standard InChI is InChI=1S/C32H12BF24.C17H16NOS/c34-25(35,36)13-1-14(26(37,38)39)6-21(5-13)33(22-7-15(27(40,41)42)2-16(8-22)28(43,44)45,23-9-17(29(46,47)48)3-18(10-23)30(49,50)51)24-11-19(31(52,53)54)4-20(12-24)32(55,56)57;1-20(19)16-10-8-14(9-11-16)13-18-12-4-6-15-5-2-3-7-17(15)18/h1-12H;2-12H,13H2,1H3/q-1;+1. The molecule has 0 aliphatic carbocycles. The molecule has 0 aliphatic heterocycles. The molecule has 0 aliphatic rings. The predicted molar refractivity (Wildman–Crippen MR) is 232 cm³/mol. The van der Waals surface area contributed by atoms with Gasteiger partial charge in [0, 0.05) is 45.0 Å². The van der Waals surface area contributed by atoms with E-state index in [0.717, 1.165) is 11.4 Å². The third-order valence-corrected chi connectivity index (χ3v) is 12.8. The molecule has 0 N–H and O–H groups in total. The first-order chi connectivity index (χ1) is 35.0. The van der Waals surface area contributed by atoms with Crippen LogP contribution in [0.5, 0.6) is 0 Å². The Balaban J connectivity index is 0.000000397. The van der Waals surface area contributed by atoms with E-state index >= 15 is 0 Å². The van der Waals surface area contributed by atoms with Gasteiger partial charge in [0.05, 0.1) is 44.5 Å². The first-order valence-electron chi connectivity index (χ1n) is 21.2. The molecule has 6 aromatic carbocycles. The van der Waals surface area contributed by atoms with Crippen molar-refractivity contribution in [2.24, 2.45) is 0 Å². The average Bonchev–Trinajstić information content (AvgIpc) is 3.30. The van der Waals surface area contributed by atoms with Crippen molar-refractivity contribution in [1.29, 1.82) is 0 Å². The van der Waals surface area contributed by atoms with Gasteiger partial charge in [-0.1, -0.05) is 72.8 Å². The van der Waals surface area contributed by atoms with Crippen LogP contribution in [0.15, 0.2) is 145 Å². The lowest BCUT2D eigenvalue weighted by molar-refractivity contribution is -0.662. The number of benzene rings is 6. The van der Waals surface area contributed by atoms with E-state index in [2.05, 4.69) is 47.2 Å². The molecule has 0 fully saturated rings. The van der Waals surface area contributed by atoms with Crippen molar-refractivity contribution in [2.75, 3.05) is 6.26 Å². The van der Waals surface area contributed by atoms with Gasteiger partial charge < -0.3 is 0 Å². The summed E-state index contributed by atoms with van der Waals surface area (Å²) in [6.45, 7) is 0.817. The van der Waals surface area contributed by atoms with Crippen LogP contribution in [0.25, 0.3) is 10.9 Å². The Bertz CT molecular complexity index is 2870. The molecular formula is C49H28BF24NOS. The molecule has 0 amide bonds. The summed E-state index contributed by atoms with van der Waals surface area (Å²) in [7, 11) is -0.913. The van der Waals surface area contributed by atoms with E-state index in [4.69, 9.17) is 0 Å². The van der Waals surface area contributed by atoms with Gasteiger partial charge in [0.2, 0.25) is 5.52 Å². The van der Waals surface area contributed by atoms with Crippen molar-refractivity contribution in [3.8, 4) is 0 Å². The summed E-state index contributed by atoms with van der Waals surface area (Å²) in [5.74, 6) is 0. The predicted octanol–water partition coefficient (Wildman–Crippen LogP) is 14.1. The number of rotatable bonds is 7. The van der Waals surface area contributed by atoms with E-state index in [1.165, 1.54) is 16.5 Å². The molecule has 1 atom stereocenters. The Morgan fingerprint density at radius 3 is 0.883 bits per heavy atom. The first-order valence-corrected chi connectivity index (χ1v) is 22.7. The zero-order valence-electron chi connectivity index (χ0n) is 37.9. The maximum atomic E-state index is 14.2. The van der Waals surface area contributed by atoms with Gasteiger partial charge in [-0.2, -0.15) is 132 Å². The maximum Gasteiger partial charge on any atom is 0.416 e. The van der Waals surface area contributed by atoms with Crippen molar-refractivity contribution < 1.29 is 114 Å². The van der Waals surface area contributed by atoms with E-state index in [-0.39, 0.29) is 0 Å². The molecule has 28 heteroatoms. The molecule has 412 valence electrons. The highest BCUT2D eigenvalue weighted by Crippen LogP contribution is 2.41. The number of pyridine rings is 1. The fourth-order valence-electron chi connectivity index (χ4n) is 8.41. The minimum atomic E-state index is -6.13. The lowest BCUT2D eigenvalue weighted by atomic mass is 9.12. The van der Waals surface area contributed by atoms with Gasteiger partial charge >= 0.3 is 49.4 Å².